The van der Waals surface area contributed by atoms with Gasteiger partial charge in [-0.15, -0.1) is 10.2 Å². The highest BCUT2D eigenvalue weighted by molar-refractivity contribution is 5.98. The molecule has 0 saturated carbocycles. The number of benzene rings is 3. The average Bonchev–Trinajstić information content (AvgIpc) is 3.24. The molecular weight excluding hydrogens is 414 g/mol. The first kappa shape index (κ1) is 20.6. The quantitative estimate of drug-likeness (QED) is 0.411. The summed E-state index contributed by atoms with van der Waals surface area (Å²) in [5, 5.41) is 11.9. The van der Waals surface area contributed by atoms with Crippen LogP contribution in [0.5, 0.6) is 0 Å². The van der Waals surface area contributed by atoms with E-state index in [1.54, 1.807) is 22.8 Å². The molecule has 5 aromatic rings. The molecule has 0 aliphatic heterocycles. The maximum Gasteiger partial charge on any atom is 0.267 e. The van der Waals surface area contributed by atoms with Crippen molar-refractivity contribution in [3.63, 3.8) is 0 Å². The number of nitrogens with zero attached hydrogens (tertiary/aromatic N) is 4. The van der Waals surface area contributed by atoms with E-state index >= 15 is 0 Å². The van der Waals surface area contributed by atoms with E-state index in [2.05, 4.69) is 27.6 Å². The van der Waals surface area contributed by atoms with Crippen LogP contribution in [0.2, 0.25) is 0 Å². The zero-order chi connectivity index (χ0) is 22.8. The smallest absolute Gasteiger partial charge is 0.267 e. The molecule has 0 spiro atoms. The van der Waals surface area contributed by atoms with E-state index in [4.69, 9.17) is 0 Å². The predicted molar refractivity (Wildman–Crippen MR) is 128 cm³/mol. The van der Waals surface area contributed by atoms with Crippen molar-refractivity contribution in [2.45, 2.75) is 19.8 Å². The van der Waals surface area contributed by atoms with Crippen LogP contribution in [-0.4, -0.2) is 31.6 Å². The number of nitrogens with one attached hydrogen (secondary N) is 1. The number of aromatic nitrogens is 4. The number of carbonyl (C=O) groups excluding carboxylic acids is 1. The lowest BCUT2D eigenvalue weighted by atomic mass is 10.1. The van der Waals surface area contributed by atoms with Crippen LogP contribution >= 0.6 is 0 Å². The number of carbonyl (C=O) groups is 1. The number of para-hydroxylation sites is 1. The topological polar surface area (TPSA) is 81.3 Å². The first-order valence-electron chi connectivity index (χ1n) is 10.9. The SMILES string of the molecule is Cc1nnc2n(-c3ccccc3)c(=O)c3ccc(C(=O)NCCCc4ccccc4)cc3n12. The van der Waals surface area contributed by atoms with Crippen LogP contribution in [0.4, 0.5) is 0 Å². The van der Waals surface area contributed by atoms with Crippen LogP contribution in [0.1, 0.15) is 28.2 Å². The maximum absolute atomic E-state index is 13.4. The Labute approximate surface area is 190 Å². The standard InChI is InChI=1S/C26H23N5O2/c1-18-28-29-26-30(18)23-17-20(24(32)27-16-8-11-19-9-4-2-5-10-19)14-15-22(23)25(33)31(26)21-12-6-3-7-13-21/h2-7,9-10,12-15,17H,8,11,16H2,1H3,(H,27,32). The summed E-state index contributed by atoms with van der Waals surface area (Å²) in [6.07, 6.45) is 1.75. The Balaban J connectivity index is 1.47. The third-order valence-corrected chi connectivity index (χ3v) is 5.73. The molecule has 0 fully saturated rings. The highest BCUT2D eigenvalue weighted by Crippen LogP contribution is 2.19. The van der Waals surface area contributed by atoms with E-state index in [0.29, 0.717) is 40.3 Å². The lowest BCUT2D eigenvalue weighted by molar-refractivity contribution is 0.0953. The van der Waals surface area contributed by atoms with E-state index < -0.39 is 0 Å². The molecule has 1 N–H and O–H groups in total. The van der Waals surface area contributed by atoms with Gasteiger partial charge in [0.25, 0.3) is 11.5 Å². The Kier molecular flexibility index (Phi) is 5.44. The predicted octanol–water partition coefficient (Wildman–Crippen LogP) is 3.70. The van der Waals surface area contributed by atoms with E-state index in [1.807, 2.05) is 59.9 Å². The Bertz CT molecular complexity index is 1500. The van der Waals surface area contributed by atoms with Gasteiger partial charge in [-0.25, -0.2) is 4.57 Å². The molecule has 33 heavy (non-hydrogen) atoms. The van der Waals surface area contributed by atoms with Gasteiger partial charge in [0.1, 0.15) is 5.82 Å². The van der Waals surface area contributed by atoms with Crippen molar-refractivity contribution in [3.05, 3.63) is 106 Å². The summed E-state index contributed by atoms with van der Waals surface area (Å²) in [7, 11) is 0. The fourth-order valence-corrected chi connectivity index (χ4v) is 4.08. The second kappa shape index (κ2) is 8.70. The Morgan fingerprint density at radius 2 is 1.67 bits per heavy atom. The summed E-state index contributed by atoms with van der Waals surface area (Å²) in [5.74, 6) is 0.882. The molecule has 5 rings (SSSR count). The average molecular weight is 438 g/mol. The van der Waals surface area contributed by atoms with Crippen molar-refractivity contribution in [3.8, 4) is 5.69 Å². The van der Waals surface area contributed by atoms with Gasteiger partial charge >= 0.3 is 0 Å². The van der Waals surface area contributed by atoms with Gasteiger partial charge in [0.2, 0.25) is 5.78 Å². The second-order valence-corrected chi connectivity index (χ2v) is 7.94. The fraction of sp³-hybridized carbons (Fsp3) is 0.154. The maximum atomic E-state index is 13.4. The van der Waals surface area contributed by atoms with Crippen molar-refractivity contribution < 1.29 is 4.79 Å². The number of hydrogen-bond acceptors (Lipinski definition) is 4. The molecule has 7 heteroatoms. The molecule has 0 saturated heterocycles. The molecule has 0 aliphatic carbocycles. The van der Waals surface area contributed by atoms with E-state index in [-0.39, 0.29) is 11.5 Å². The van der Waals surface area contributed by atoms with E-state index in [1.165, 1.54) is 5.56 Å². The highest BCUT2D eigenvalue weighted by Gasteiger charge is 2.17. The van der Waals surface area contributed by atoms with Crippen LogP contribution in [0.3, 0.4) is 0 Å². The Hall–Kier alpha value is -4.26. The van der Waals surface area contributed by atoms with Crippen molar-refractivity contribution in [2.75, 3.05) is 6.54 Å². The van der Waals surface area contributed by atoms with Crippen LogP contribution in [0.25, 0.3) is 22.4 Å². The lowest BCUT2D eigenvalue weighted by Crippen LogP contribution is -2.25. The normalized spacial score (nSPS) is 11.2. The number of aryl methyl sites for hydroxylation is 2. The van der Waals surface area contributed by atoms with Gasteiger partial charge in [-0.3, -0.25) is 14.0 Å². The number of fused-ring (bicyclic) bond motifs is 3. The number of amides is 1. The van der Waals surface area contributed by atoms with Gasteiger partial charge in [-0.05, 0) is 55.7 Å². The summed E-state index contributed by atoms with van der Waals surface area (Å²) in [6.45, 7) is 2.40. The molecular formula is C26H23N5O2. The lowest BCUT2D eigenvalue weighted by Gasteiger charge is -2.12. The molecule has 0 bridgehead atoms. The molecule has 0 atom stereocenters. The molecule has 0 aliphatic rings. The summed E-state index contributed by atoms with van der Waals surface area (Å²) >= 11 is 0. The zero-order valence-electron chi connectivity index (χ0n) is 18.2. The number of hydrogen-bond donors (Lipinski definition) is 1. The molecule has 7 nitrogen and oxygen atoms in total. The third kappa shape index (κ3) is 3.89. The van der Waals surface area contributed by atoms with Crippen molar-refractivity contribution >= 4 is 22.6 Å². The highest BCUT2D eigenvalue weighted by atomic mass is 16.1. The van der Waals surface area contributed by atoms with Crippen molar-refractivity contribution in [2.24, 2.45) is 0 Å². The van der Waals surface area contributed by atoms with Gasteiger partial charge in [-0.2, -0.15) is 0 Å². The molecule has 1 amide bonds. The minimum absolute atomic E-state index is 0.170. The van der Waals surface area contributed by atoms with Crippen molar-refractivity contribution in [1.29, 1.82) is 0 Å². The van der Waals surface area contributed by atoms with Crippen LogP contribution in [-0.2, 0) is 6.42 Å². The Morgan fingerprint density at radius 3 is 2.42 bits per heavy atom. The Morgan fingerprint density at radius 1 is 0.939 bits per heavy atom. The molecule has 164 valence electrons. The minimum Gasteiger partial charge on any atom is -0.352 e. The van der Waals surface area contributed by atoms with Crippen molar-refractivity contribution in [1.82, 2.24) is 24.5 Å². The molecule has 3 aromatic carbocycles. The minimum atomic E-state index is -0.203. The summed E-state index contributed by atoms with van der Waals surface area (Å²) < 4.78 is 3.36. The fourth-order valence-electron chi connectivity index (χ4n) is 4.08. The molecule has 0 radical (unpaired) electrons. The van der Waals surface area contributed by atoms with Gasteiger partial charge in [-0.1, -0.05) is 48.5 Å². The molecule has 0 unspecified atom stereocenters. The largest absolute Gasteiger partial charge is 0.352 e. The first-order chi connectivity index (χ1) is 16.1. The second-order valence-electron chi connectivity index (χ2n) is 7.94. The summed E-state index contributed by atoms with van der Waals surface area (Å²) in [6, 6.07) is 24.7. The van der Waals surface area contributed by atoms with Gasteiger partial charge in [0.15, 0.2) is 0 Å². The van der Waals surface area contributed by atoms with Gasteiger partial charge < -0.3 is 5.32 Å². The van der Waals surface area contributed by atoms with E-state index in [0.717, 1.165) is 12.8 Å². The van der Waals surface area contributed by atoms with Crippen LogP contribution in [0, 0.1) is 6.92 Å². The number of rotatable bonds is 6. The zero-order valence-corrected chi connectivity index (χ0v) is 18.2. The van der Waals surface area contributed by atoms with Gasteiger partial charge in [0, 0.05) is 12.1 Å². The molecule has 2 aromatic heterocycles. The van der Waals surface area contributed by atoms with Gasteiger partial charge in [0.05, 0.1) is 16.6 Å². The van der Waals surface area contributed by atoms with Crippen LogP contribution in [0.15, 0.2) is 83.7 Å². The summed E-state index contributed by atoms with van der Waals surface area (Å²) in [5.41, 5.74) is 2.86. The first-order valence-corrected chi connectivity index (χ1v) is 10.9. The monoisotopic (exact) mass is 437 g/mol. The summed E-state index contributed by atoms with van der Waals surface area (Å²) in [4.78, 5) is 26.2. The van der Waals surface area contributed by atoms with E-state index in [9.17, 15) is 9.59 Å². The van der Waals surface area contributed by atoms with Crippen LogP contribution < -0.4 is 10.9 Å². The molecule has 2 heterocycles. The third-order valence-electron chi connectivity index (χ3n) is 5.73.